The lowest BCUT2D eigenvalue weighted by molar-refractivity contribution is 0.196. The highest BCUT2D eigenvalue weighted by atomic mass is 14.8. The summed E-state index contributed by atoms with van der Waals surface area (Å²) in [5.41, 5.74) is 17.2. The van der Waals surface area contributed by atoms with Crippen molar-refractivity contribution in [1.82, 2.24) is 0 Å². The smallest absolute Gasteiger partial charge is 0.0406 e. The van der Waals surface area contributed by atoms with Crippen LogP contribution >= 0.6 is 0 Å². The maximum Gasteiger partial charge on any atom is 0.0406 e. The van der Waals surface area contributed by atoms with E-state index in [0.29, 0.717) is 5.92 Å². The van der Waals surface area contributed by atoms with Gasteiger partial charge in [-0.1, -0.05) is 69.7 Å². The monoisotopic (exact) mass is 352 g/mol. The number of allylic oxidation sites excluding steroid dienone is 2. The van der Waals surface area contributed by atoms with Crippen LogP contribution in [0.4, 0.5) is 5.69 Å². The summed E-state index contributed by atoms with van der Waals surface area (Å²) >= 11 is 0. The zero-order chi connectivity index (χ0) is 18.6. The Balaban J connectivity index is 1.57. The third-order valence-corrected chi connectivity index (χ3v) is 6.67. The van der Waals surface area contributed by atoms with Crippen molar-refractivity contribution in [3.63, 3.8) is 0 Å². The average Bonchev–Trinajstić information content (AvgIpc) is 2.65. The number of rotatable bonds is 6. The minimum Gasteiger partial charge on any atom is -0.399 e. The second-order valence-corrected chi connectivity index (χ2v) is 8.59. The first-order chi connectivity index (χ1) is 12.5. The van der Waals surface area contributed by atoms with Gasteiger partial charge in [0.25, 0.3) is 0 Å². The molecule has 2 heteroatoms. The molecule has 2 nitrogen and oxygen atoms in total. The fraction of sp³-hybridized carbons (Fsp3) is 0.583. The highest BCUT2D eigenvalue weighted by Crippen LogP contribution is 2.41. The highest BCUT2D eigenvalue weighted by molar-refractivity contribution is 5.77. The first-order valence-electron chi connectivity index (χ1n) is 10.6. The van der Waals surface area contributed by atoms with Gasteiger partial charge in [0.05, 0.1) is 0 Å². The molecule has 1 aromatic carbocycles. The van der Waals surface area contributed by atoms with Crippen LogP contribution in [-0.2, 0) is 0 Å². The van der Waals surface area contributed by atoms with Crippen LogP contribution in [-0.4, -0.2) is 5.54 Å². The third-order valence-electron chi connectivity index (χ3n) is 6.67. The van der Waals surface area contributed by atoms with Crippen molar-refractivity contribution in [2.45, 2.75) is 77.2 Å². The van der Waals surface area contributed by atoms with Gasteiger partial charge in [-0.05, 0) is 66.9 Å². The molecule has 2 aliphatic rings. The van der Waals surface area contributed by atoms with E-state index in [1.807, 2.05) is 6.07 Å². The molecule has 1 aromatic rings. The van der Waals surface area contributed by atoms with E-state index in [-0.39, 0.29) is 5.54 Å². The SMILES string of the molecule is CCCCCC1CCC(C2(N)C=CC(c3ccc(N)c(C)c3)=CC2)CC1. The second kappa shape index (κ2) is 8.43. The van der Waals surface area contributed by atoms with E-state index < -0.39 is 0 Å². The fourth-order valence-corrected chi connectivity index (χ4v) is 4.71. The summed E-state index contributed by atoms with van der Waals surface area (Å²) in [7, 11) is 0. The van der Waals surface area contributed by atoms with Crippen molar-refractivity contribution < 1.29 is 0 Å². The van der Waals surface area contributed by atoms with E-state index in [4.69, 9.17) is 11.5 Å². The summed E-state index contributed by atoms with van der Waals surface area (Å²) in [6.07, 6.45) is 18.7. The van der Waals surface area contributed by atoms with E-state index in [1.165, 1.54) is 62.5 Å². The number of unbranched alkanes of at least 4 members (excludes halogenated alkanes) is 2. The quantitative estimate of drug-likeness (QED) is 0.487. The van der Waals surface area contributed by atoms with Gasteiger partial charge < -0.3 is 11.5 Å². The Kier molecular flexibility index (Phi) is 6.24. The van der Waals surface area contributed by atoms with E-state index in [0.717, 1.165) is 23.6 Å². The lowest BCUT2D eigenvalue weighted by atomic mass is 9.68. The summed E-state index contributed by atoms with van der Waals surface area (Å²) in [6, 6.07) is 6.30. The Morgan fingerprint density at radius 3 is 2.50 bits per heavy atom. The van der Waals surface area contributed by atoms with E-state index in [1.54, 1.807) is 0 Å². The zero-order valence-electron chi connectivity index (χ0n) is 16.6. The minimum atomic E-state index is -0.152. The first kappa shape index (κ1) is 19.2. The number of hydrogen-bond donors (Lipinski definition) is 2. The van der Waals surface area contributed by atoms with E-state index in [2.05, 4.69) is 44.2 Å². The maximum absolute atomic E-state index is 6.84. The first-order valence-corrected chi connectivity index (χ1v) is 10.6. The lowest BCUT2D eigenvalue weighted by Crippen LogP contribution is -2.47. The third kappa shape index (κ3) is 4.40. The Bertz CT molecular complexity index is 665. The molecular weight excluding hydrogens is 316 g/mol. The Morgan fingerprint density at radius 1 is 1.12 bits per heavy atom. The molecule has 1 atom stereocenters. The van der Waals surface area contributed by atoms with Crippen molar-refractivity contribution in [3.8, 4) is 0 Å². The van der Waals surface area contributed by atoms with Crippen molar-refractivity contribution in [3.05, 3.63) is 47.6 Å². The van der Waals surface area contributed by atoms with Gasteiger partial charge in [-0.3, -0.25) is 0 Å². The van der Waals surface area contributed by atoms with Gasteiger partial charge in [-0.15, -0.1) is 0 Å². The molecule has 0 radical (unpaired) electrons. The molecule has 0 heterocycles. The van der Waals surface area contributed by atoms with Crippen LogP contribution in [0.3, 0.4) is 0 Å². The molecule has 26 heavy (non-hydrogen) atoms. The van der Waals surface area contributed by atoms with Crippen molar-refractivity contribution in [2.24, 2.45) is 17.6 Å². The van der Waals surface area contributed by atoms with Gasteiger partial charge in [-0.2, -0.15) is 0 Å². The maximum atomic E-state index is 6.84. The molecule has 3 rings (SSSR count). The van der Waals surface area contributed by atoms with Crippen LogP contribution in [0.5, 0.6) is 0 Å². The highest BCUT2D eigenvalue weighted by Gasteiger charge is 2.35. The van der Waals surface area contributed by atoms with Gasteiger partial charge in [-0.25, -0.2) is 0 Å². The standard InChI is InChI=1S/C24H36N2/c1-3-4-5-6-19-7-10-22(11-8-19)24(26)15-13-20(14-16-24)21-9-12-23(25)18(2)17-21/h9,12-15,17,19,22H,3-8,10-11,16,25-26H2,1-2H3. The second-order valence-electron chi connectivity index (χ2n) is 8.59. The molecule has 0 spiro atoms. The Labute approximate surface area is 159 Å². The fourth-order valence-electron chi connectivity index (χ4n) is 4.71. The van der Waals surface area contributed by atoms with Crippen LogP contribution in [0.2, 0.25) is 0 Å². The zero-order valence-corrected chi connectivity index (χ0v) is 16.6. The number of aryl methyl sites for hydroxylation is 1. The molecular formula is C24H36N2. The molecule has 0 bridgehead atoms. The molecule has 0 aromatic heterocycles. The predicted molar refractivity (Wildman–Crippen MR) is 114 cm³/mol. The Hall–Kier alpha value is -1.54. The largest absolute Gasteiger partial charge is 0.399 e. The van der Waals surface area contributed by atoms with Gasteiger partial charge in [0.15, 0.2) is 0 Å². The lowest BCUT2D eigenvalue weighted by Gasteiger charge is -2.40. The van der Waals surface area contributed by atoms with Crippen LogP contribution in [0.25, 0.3) is 5.57 Å². The molecule has 0 amide bonds. The van der Waals surface area contributed by atoms with Crippen molar-refractivity contribution in [2.75, 3.05) is 5.73 Å². The minimum absolute atomic E-state index is 0.152. The summed E-state index contributed by atoms with van der Waals surface area (Å²) in [4.78, 5) is 0. The van der Waals surface area contributed by atoms with Gasteiger partial charge in [0.1, 0.15) is 0 Å². The summed E-state index contributed by atoms with van der Waals surface area (Å²) in [5, 5.41) is 0. The number of nitrogen functional groups attached to an aromatic ring is 1. The van der Waals surface area contributed by atoms with Gasteiger partial charge >= 0.3 is 0 Å². The molecule has 1 saturated carbocycles. The predicted octanol–water partition coefficient (Wildman–Crippen LogP) is 6.00. The Morgan fingerprint density at radius 2 is 1.88 bits per heavy atom. The number of benzene rings is 1. The van der Waals surface area contributed by atoms with Crippen LogP contribution in [0, 0.1) is 18.8 Å². The molecule has 0 saturated heterocycles. The average molecular weight is 353 g/mol. The topological polar surface area (TPSA) is 52.0 Å². The molecule has 1 unspecified atom stereocenters. The number of hydrogen-bond acceptors (Lipinski definition) is 2. The number of anilines is 1. The summed E-state index contributed by atoms with van der Waals surface area (Å²) < 4.78 is 0. The van der Waals surface area contributed by atoms with Gasteiger partial charge in [0, 0.05) is 11.2 Å². The van der Waals surface area contributed by atoms with E-state index >= 15 is 0 Å². The summed E-state index contributed by atoms with van der Waals surface area (Å²) in [5.74, 6) is 1.57. The van der Waals surface area contributed by atoms with Crippen LogP contribution < -0.4 is 11.5 Å². The molecule has 142 valence electrons. The number of nitrogens with two attached hydrogens (primary N) is 2. The molecule has 4 N–H and O–H groups in total. The molecule has 1 fully saturated rings. The van der Waals surface area contributed by atoms with Gasteiger partial charge in [0.2, 0.25) is 0 Å². The molecule has 2 aliphatic carbocycles. The van der Waals surface area contributed by atoms with Crippen LogP contribution in [0.15, 0.2) is 36.4 Å². The normalized spacial score (nSPS) is 28.8. The summed E-state index contributed by atoms with van der Waals surface area (Å²) in [6.45, 7) is 4.36. The molecule has 0 aliphatic heterocycles. The van der Waals surface area contributed by atoms with Crippen molar-refractivity contribution >= 4 is 11.3 Å². The van der Waals surface area contributed by atoms with Crippen molar-refractivity contribution in [1.29, 1.82) is 0 Å². The van der Waals surface area contributed by atoms with E-state index in [9.17, 15) is 0 Å². The van der Waals surface area contributed by atoms with Crippen LogP contribution in [0.1, 0.15) is 75.8 Å².